The van der Waals surface area contributed by atoms with Gasteiger partial charge in [-0.2, -0.15) is 0 Å². The Morgan fingerprint density at radius 1 is 1.43 bits per heavy atom. The number of aliphatic hydroxyl groups excluding tert-OH is 1. The molecule has 0 amide bonds. The van der Waals surface area contributed by atoms with Crippen LogP contribution in [0.4, 0.5) is 0 Å². The smallest absolute Gasteiger partial charge is 0.157 e. The number of rotatable bonds is 3. The fourth-order valence-corrected chi connectivity index (χ4v) is 2.25. The van der Waals surface area contributed by atoms with Crippen LogP contribution >= 0.6 is 0 Å². The number of allylic oxidation sites excluding steroid dienone is 2. The molecule has 0 aromatic carbocycles. The number of carbonyl (C=O) groups is 1. The number of nitrogens with one attached hydrogen (secondary N) is 1. The normalized spacial score (nSPS) is 32.1. The summed E-state index contributed by atoms with van der Waals surface area (Å²) in [6.45, 7) is 0.820. The average molecular weight is 195 g/mol. The van der Waals surface area contributed by atoms with Gasteiger partial charge in [-0.1, -0.05) is 6.42 Å². The molecule has 14 heavy (non-hydrogen) atoms. The van der Waals surface area contributed by atoms with E-state index in [1.54, 1.807) is 6.08 Å². The Labute approximate surface area is 84.2 Å². The maximum atomic E-state index is 10.9. The summed E-state index contributed by atoms with van der Waals surface area (Å²) in [4.78, 5) is 10.9. The molecule has 3 nitrogen and oxygen atoms in total. The fourth-order valence-electron chi connectivity index (χ4n) is 2.25. The van der Waals surface area contributed by atoms with E-state index in [1.807, 2.05) is 0 Å². The van der Waals surface area contributed by atoms with Gasteiger partial charge < -0.3 is 10.4 Å². The van der Waals surface area contributed by atoms with Crippen molar-refractivity contribution >= 4 is 5.78 Å². The number of carbonyl (C=O) groups excluding carboxylic acids is 1. The van der Waals surface area contributed by atoms with Crippen LogP contribution in [0.1, 0.15) is 32.1 Å². The fraction of sp³-hybridized carbons (Fsp3) is 0.727. The van der Waals surface area contributed by atoms with Crippen molar-refractivity contribution < 1.29 is 9.90 Å². The first-order valence-corrected chi connectivity index (χ1v) is 5.41. The van der Waals surface area contributed by atoms with Crippen LogP contribution in [0.3, 0.4) is 0 Å². The molecule has 0 spiro atoms. The van der Waals surface area contributed by atoms with Gasteiger partial charge in [-0.3, -0.25) is 4.79 Å². The Bertz CT molecular complexity index is 260. The molecule has 0 heterocycles. The maximum Gasteiger partial charge on any atom is 0.157 e. The number of hydrogen-bond donors (Lipinski definition) is 2. The van der Waals surface area contributed by atoms with E-state index >= 15 is 0 Å². The van der Waals surface area contributed by atoms with Gasteiger partial charge in [-0.25, -0.2) is 0 Å². The topological polar surface area (TPSA) is 49.3 Å². The quantitative estimate of drug-likeness (QED) is 0.706. The van der Waals surface area contributed by atoms with Crippen molar-refractivity contribution in [1.82, 2.24) is 5.32 Å². The Balaban J connectivity index is 1.77. The van der Waals surface area contributed by atoms with Crippen LogP contribution in [0, 0.1) is 5.92 Å². The largest absolute Gasteiger partial charge is 0.393 e. The van der Waals surface area contributed by atoms with Crippen molar-refractivity contribution in [3.05, 3.63) is 11.8 Å². The van der Waals surface area contributed by atoms with Gasteiger partial charge in [0.15, 0.2) is 5.78 Å². The third kappa shape index (κ3) is 2.15. The maximum absolute atomic E-state index is 10.9. The molecule has 2 rings (SSSR count). The highest BCUT2D eigenvalue weighted by atomic mass is 16.3. The van der Waals surface area contributed by atoms with Crippen LogP contribution in [0.5, 0.6) is 0 Å². The summed E-state index contributed by atoms with van der Waals surface area (Å²) in [5.41, 5.74) is 1.05. The molecular weight excluding hydrogens is 178 g/mol. The predicted molar refractivity (Wildman–Crippen MR) is 53.7 cm³/mol. The van der Waals surface area contributed by atoms with Crippen molar-refractivity contribution in [2.45, 2.75) is 38.2 Å². The number of aliphatic hydroxyl groups is 1. The lowest BCUT2D eigenvalue weighted by molar-refractivity contribution is -0.114. The van der Waals surface area contributed by atoms with E-state index in [0.717, 1.165) is 37.9 Å². The summed E-state index contributed by atoms with van der Waals surface area (Å²) in [6.07, 6.45) is 6.23. The Morgan fingerprint density at radius 2 is 2.29 bits per heavy atom. The highest BCUT2D eigenvalue weighted by molar-refractivity contribution is 5.92. The first kappa shape index (κ1) is 9.71. The van der Waals surface area contributed by atoms with Crippen molar-refractivity contribution in [3.63, 3.8) is 0 Å². The standard InChI is InChI=1S/C11H17NO2/c13-10-5-4-9(6-10)12-7-8-2-1-3-11(8)14/h6,8,11-12,14H,1-5,7H2. The summed E-state index contributed by atoms with van der Waals surface area (Å²) in [5, 5.41) is 12.9. The van der Waals surface area contributed by atoms with E-state index < -0.39 is 0 Å². The Morgan fingerprint density at radius 3 is 2.86 bits per heavy atom. The van der Waals surface area contributed by atoms with E-state index in [2.05, 4.69) is 5.32 Å². The van der Waals surface area contributed by atoms with Crippen LogP contribution < -0.4 is 5.32 Å². The monoisotopic (exact) mass is 195 g/mol. The van der Waals surface area contributed by atoms with Crippen molar-refractivity contribution in [3.8, 4) is 0 Å². The molecule has 2 aliphatic carbocycles. The van der Waals surface area contributed by atoms with Gasteiger partial charge >= 0.3 is 0 Å². The zero-order valence-electron chi connectivity index (χ0n) is 8.33. The lowest BCUT2D eigenvalue weighted by atomic mass is 10.1. The molecule has 2 atom stereocenters. The third-order valence-electron chi connectivity index (χ3n) is 3.19. The van der Waals surface area contributed by atoms with Crippen LogP contribution in [-0.4, -0.2) is 23.5 Å². The van der Waals surface area contributed by atoms with Gasteiger partial charge in [-0.05, 0) is 19.3 Å². The minimum Gasteiger partial charge on any atom is -0.393 e. The minimum absolute atomic E-state index is 0.139. The average Bonchev–Trinajstić information content (AvgIpc) is 2.72. The minimum atomic E-state index is -0.139. The lowest BCUT2D eigenvalue weighted by Gasteiger charge is -2.16. The van der Waals surface area contributed by atoms with E-state index in [4.69, 9.17) is 0 Å². The lowest BCUT2D eigenvalue weighted by Crippen LogP contribution is -2.26. The Kier molecular flexibility index (Phi) is 2.87. The first-order valence-electron chi connectivity index (χ1n) is 5.41. The van der Waals surface area contributed by atoms with Crippen LogP contribution in [0.25, 0.3) is 0 Å². The van der Waals surface area contributed by atoms with E-state index in [1.165, 1.54) is 0 Å². The third-order valence-corrected chi connectivity index (χ3v) is 3.19. The summed E-state index contributed by atoms with van der Waals surface area (Å²) in [5.74, 6) is 0.603. The van der Waals surface area contributed by atoms with Crippen molar-refractivity contribution in [2.75, 3.05) is 6.54 Å². The molecule has 1 fully saturated rings. The molecule has 0 saturated heterocycles. The molecule has 1 saturated carbocycles. The second-order valence-electron chi connectivity index (χ2n) is 4.28. The summed E-state index contributed by atoms with van der Waals surface area (Å²) in [7, 11) is 0. The summed E-state index contributed by atoms with van der Waals surface area (Å²) >= 11 is 0. The molecule has 2 unspecified atom stereocenters. The Hall–Kier alpha value is -0.830. The van der Waals surface area contributed by atoms with Gasteiger partial charge in [0.25, 0.3) is 0 Å². The molecule has 3 heteroatoms. The van der Waals surface area contributed by atoms with Crippen molar-refractivity contribution in [2.24, 2.45) is 5.92 Å². The SMILES string of the molecule is O=C1C=C(NCC2CCCC2O)CC1. The zero-order chi connectivity index (χ0) is 9.97. The van der Waals surface area contributed by atoms with Gasteiger partial charge in [0, 0.05) is 30.7 Å². The second kappa shape index (κ2) is 4.13. The highest BCUT2D eigenvalue weighted by Crippen LogP contribution is 2.25. The van der Waals surface area contributed by atoms with Crippen LogP contribution in [-0.2, 0) is 4.79 Å². The summed E-state index contributed by atoms with van der Waals surface area (Å²) < 4.78 is 0. The van der Waals surface area contributed by atoms with Gasteiger partial charge in [0.2, 0.25) is 0 Å². The second-order valence-corrected chi connectivity index (χ2v) is 4.28. The molecule has 0 aliphatic heterocycles. The molecule has 0 aromatic heterocycles. The zero-order valence-corrected chi connectivity index (χ0v) is 8.33. The van der Waals surface area contributed by atoms with Crippen LogP contribution in [0.2, 0.25) is 0 Å². The molecule has 2 N–H and O–H groups in total. The van der Waals surface area contributed by atoms with Crippen LogP contribution in [0.15, 0.2) is 11.8 Å². The molecule has 0 radical (unpaired) electrons. The highest BCUT2D eigenvalue weighted by Gasteiger charge is 2.25. The van der Waals surface area contributed by atoms with Gasteiger partial charge in [0.05, 0.1) is 6.10 Å². The van der Waals surface area contributed by atoms with E-state index in [0.29, 0.717) is 12.3 Å². The number of hydrogen-bond acceptors (Lipinski definition) is 3. The first-order chi connectivity index (χ1) is 6.75. The summed E-state index contributed by atoms with van der Waals surface area (Å²) in [6, 6.07) is 0. The van der Waals surface area contributed by atoms with Crippen molar-refractivity contribution in [1.29, 1.82) is 0 Å². The number of ketones is 1. The molecule has 0 bridgehead atoms. The van der Waals surface area contributed by atoms with Gasteiger partial charge in [-0.15, -0.1) is 0 Å². The van der Waals surface area contributed by atoms with Gasteiger partial charge in [0.1, 0.15) is 0 Å². The predicted octanol–water partition coefficient (Wildman–Crippen LogP) is 0.984. The molecule has 0 aromatic rings. The van der Waals surface area contributed by atoms with E-state index in [-0.39, 0.29) is 11.9 Å². The van der Waals surface area contributed by atoms with E-state index in [9.17, 15) is 9.90 Å². The molecule has 2 aliphatic rings. The molecular formula is C11H17NO2. The molecule has 78 valence electrons.